The molecule has 136 valence electrons. The van der Waals surface area contributed by atoms with Crippen LogP contribution in [0.15, 0.2) is 9.98 Å². The summed E-state index contributed by atoms with van der Waals surface area (Å²) >= 11 is 1.28. The van der Waals surface area contributed by atoms with E-state index >= 15 is 0 Å². The molecule has 2 aliphatic rings. The Morgan fingerprint density at radius 2 is 1.92 bits per heavy atom. The molecule has 0 aromatic heterocycles. The van der Waals surface area contributed by atoms with Crippen LogP contribution in [0, 0.1) is 11.8 Å². The minimum atomic E-state index is -0.719. The summed E-state index contributed by atoms with van der Waals surface area (Å²) in [5, 5.41) is 0.226. The average Bonchev–Trinajstić information content (AvgIpc) is 2.55. The van der Waals surface area contributed by atoms with Gasteiger partial charge >= 0.3 is 11.9 Å². The number of ketones is 1. The maximum atomic E-state index is 12.8. The Morgan fingerprint density at radius 1 is 1.28 bits per heavy atom. The minimum Gasteiger partial charge on any atom is -0.299 e. The van der Waals surface area contributed by atoms with Gasteiger partial charge in [-0.1, -0.05) is 37.5 Å². The molecule has 0 N–H and O–H groups in total. The largest absolute Gasteiger partial charge is 0.445 e. The van der Waals surface area contributed by atoms with E-state index in [4.69, 9.17) is 0 Å². The first-order valence-corrected chi connectivity index (χ1v) is 9.37. The van der Waals surface area contributed by atoms with Gasteiger partial charge in [-0.2, -0.15) is 9.48 Å². The highest BCUT2D eigenvalue weighted by atomic mass is 32.2. The van der Waals surface area contributed by atoms with Crippen molar-refractivity contribution in [2.24, 2.45) is 21.8 Å². The highest BCUT2D eigenvalue weighted by Gasteiger charge is 2.50. The summed E-state index contributed by atoms with van der Waals surface area (Å²) in [5.41, 5.74) is 0. The summed E-state index contributed by atoms with van der Waals surface area (Å²) in [4.78, 5) is 47.2. The van der Waals surface area contributed by atoms with Crippen molar-refractivity contribution in [3.63, 3.8) is 0 Å². The fourth-order valence-corrected chi connectivity index (χ4v) is 3.56. The van der Waals surface area contributed by atoms with Crippen LogP contribution >= 0.6 is 11.8 Å². The first-order valence-electron chi connectivity index (χ1n) is 8.49. The summed E-state index contributed by atoms with van der Waals surface area (Å²) < 4.78 is 1.56. The van der Waals surface area contributed by atoms with Gasteiger partial charge in [0.15, 0.2) is 5.92 Å². The molecule has 2 rings (SSSR count). The minimum absolute atomic E-state index is 0.0148. The van der Waals surface area contributed by atoms with Gasteiger partial charge in [0.25, 0.3) is 5.84 Å². The number of hydrogen-bond donors (Lipinski definition) is 0. The fourth-order valence-electron chi connectivity index (χ4n) is 2.54. The molecular formula is C17H25N4O3S+. The summed E-state index contributed by atoms with van der Waals surface area (Å²) in [5.74, 6) is 0.0121. The van der Waals surface area contributed by atoms with Crippen LogP contribution in [0.2, 0.25) is 0 Å². The van der Waals surface area contributed by atoms with Crippen molar-refractivity contribution >= 4 is 46.2 Å². The van der Waals surface area contributed by atoms with Crippen molar-refractivity contribution in [1.82, 2.24) is 4.90 Å². The molecule has 0 fully saturated rings. The maximum Gasteiger partial charge on any atom is 0.445 e. The molecule has 2 unspecified atom stereocenters. The number of hydrogen-bond acceptors (Lipinski definition) is 6. The third kappa shape index (κ3) is 3.73. The molecule has 8 heteroatoms. The molecular weight excluding hydrogens is 340 g/mol. The standard InChI is InChI=1S/C17H25N4O3S/c1-7-8-21-14-12(16(23)20(6)17(21)24)15(25-11(5)10(4)22)19-13(18-14)9(2)3/h9,11-12H,7-8H2,1-6H3/q+1. The Bertz CT molecular complexity index is 709. The second-order valence-electron chi connectivity index (χ2n) is 6.57. The first-order chi connectivity index (χ1) is 11.7. The van der Waals surface area contributed by atoms with Gasteiger partial charge in [-0.3, -0.25) is 9.59 Å². The highest BCUT2D eigenvalue weighted by Crippen LogP contribution is 2.29. The van der Waals surface area contributed by atoms with E-state index in [0.29, 0.717) is 23.3 Å². The monoisotopic (exact) mass is 365 g/mol. The number of carbonyl (C=O) groups excluding carboxylic acids is 3. The summed E-state index contributed by atoms with van der Waals surface area (Å²) in [6, 6.07) is -0.365. The van der Waals surface area contributed by atoms with E-state index < -0.39 is 5.92 Å². The van der Waals surface area contributed by atoms with Crippen molar-refractivity contribution in [3.05, 3.63) is 0 Å². The zero-order chi connectivity index (χ0) is 18.9. The number of Topliss-reactive ketones (excluding diaryl/α,β-unsaturated/α-hetero) is 1. The van der Waals surface area contributed by atoms with Crippen LogP contribution in [0.1, 0.15) is 41.0 Å². The summed E-state index contributed by atoms with van der Waals surface area (Å²) in [7, 11) is 1.47. The molecule has 7 nitrogen and oxygen atoms in total. The molecule has 0 saturated carbocycles. The van der Waals surface area contributed by atoms with E-state index in [1.807, 2.05) is 20.8 Å². The van der Waals surface area contributed by atoms with Gasteiger partial charge in [0.2, 0.25) is 5.84 Å². The van der Waals surface area contributed by atoms with Gasteiger partial charge in [0, 0.05) is 5.92 Å². The Morgan fingerprint density at radius 3 is 2.44 bits per heavy atom. The maximum absolute atomic E-state index is 12.8. The molecule has 0 radical (unpaired) electrons. The highest BCUT2D eigenvalue weighted by molar-refractivity contribution is 8.15. The molecule has 0 saturated heterocycles. The van der Waals surface area contributed by atoms with Crippen molar-refractivity contribution in [2.45, 2.75) is 46.3 Å². The number of rotatable bonds is 5. The second-order valence-corrected chi connectivity index (χ2v) is 7.93. The van der Waals surface area contributed by atoms with Crippen molar-refractivity contribution in [2.75, 3.05) is 13.6 Å². The van der Waals surface area contributed by atoms with Gasteiger partial charge < -0.3 is 0 Å². The van der Waals surface area contributed by atoms with E-state index in [2.05, 4.69) is 9.98 Å². The van der Waals surface area contributed by atoms with E-state index in [-0.39, 0.29) is 28.9 Å². The Kier molecular flexibility index (Phi) is 5.92. The van der Waals surface area contributed by atoms with Gasteiger partial charge in [-0.25, -0.2) is 9.79 Å². The quantitative estimate of drug-likeness (QED) is 0.699. The Labute approximate surface area is 152 Å². The number of amides is 3. The molecule has 0 aliphatic carbocycles. The molecule has 25 heavy (non-hydrogen) atoms. The predicted molar refractivity (Wildman–Crippen MR) is 99.5 cm³/mol. The van der Waals surface area contributed by atoms with E-state index in [1.54, 1.807) is 11.5 Å². The lowest BCUT2D eigenvalue weighted by atomic mass is 10.0. The number of thioether (sulfide) groups is 1. The lowest BCUT2D eigenvalue weighted by molar-refractivity contribution is -0.440. The third-order valence-electron chi connectivity index (χ3n) is 4.16. The normalized spacial score (nSPS) is 22.0. The molecule has 0 spiro atoms. The lowest BCUT2D eigenvalue weighted by Crippen LogP contribution is -2.56. The number of nitrogens with zero attached hydrogens (tertiary/aromatic N) is 4. The van der Waals surface area contributed by atoms with Crippen LogP contribution in [-0.4, -0.2) is 62.8 Å². The Balaban J connectivity index is 2.61. The molecule has 2 aliphatic heterocycles. The number of urea groups is 1. The van der Waals surface area contributed by atoms with Crippen LogP contribution in [-0.2, 0) is 9.59 Å². The van der Waals surface area contributed by atoms with Crippen LogP contribution in [0.5, 0.6) is 0 Å². The third-order valence-corrected chi connectivity index (χ3v) is 5.42. The number of carbonyl (C=O) groups is 3. The molecule has 0 aromatic carbocycles. The van der Waals surface area contributed by atoms with Crippen LogP contribution in [0.25, 0.3) is 0 Å². The van der Waals surface area contributed by atoms with Crippen LogP contribution in [0.3, 0.4) is 0 Å². The van der Waals surface area contributed by atoms with Crippen molar-refractivity contribution < 1.29 is 19.0 Å². The van der Waals surface area contributed by atoms with E-state index in [9.17, 15) is 14.4 Å². The van der Waals surface area contributed by atoms with Gasteiger partial charge in [0.1, 0.15) is 10.8 Å². The van der Waals surface area contributed by atoms with Gasteiger partial charge in [-0.05, 0) is 20.3 Å². The molecule has 3 amide bonds. The summed E-state index contributed by atoms with van der Waals surface area (Å²) in [6.07, 6.45) is 0.750. The predicted octanol–water partition coefficient (Wildman–Crippen LogP) is 2.19. The van der Waals surface area contributed by atoms with Crippen molar-refractivity contribution in [1.29, 1.82) is 0 Å². The van der Waals surface area contributed by atoms with Crippen LogP contribution in [0.4, 0.5) is 4.79 Å². The lowest BCUT2D eigenvalue weighted by Gasteiger charge is -2.28. The SMILES string of the molecule is CCC[N+]1=C2N=C(C(C)C)N=C(SC(C)C(C)=O)C2C(=O)N(C)C1=O. The number of aliphatic imine (C=N–C) groups is 2. The Hall–Kier alpha value is -1.83. The smallest absolute Gasteiger partial charge is 0.299 e. The number of amidine groups is 2. The summed E-state index contributed by atoms with van der Waals surface area (Å²) in [6.45, 7) is 9.69. The number of fused-ring (bicyclic) bond motifs is 1. The van der Waals surface area contributed by atoms with E-state index in [1.165, 1.54) is 25.7 Å². The average molecular weight is 365 g/mol. The van der Waals surface area contributed by atoms with Crippen LogP contribution < -0.4 is 0 Å². The van der Waals surface area contributed by atoms with Gasteiger partial charge in [-0.15, -0.1) is 0 Å². The van der Waals surface area contributed by atoms with Crippen molar-refractivity contribution in [3.8, 4) is 0 Å². The second kappa shape index (κ2) is 7.59. The molecule has 2 atom stereocenters. The zero-order valence-corrected chi connectivity index (χ0v) is 16.4. The van der Waals surface area contributed by atoms with E-state index in [0.717, 1.165) is 11.3 Å². The molecule has 0 bridgehead atoms. The topological polar surface area (TPSA) is 82.2 Å². The molecule has 2 heterocycles. The molecule has 0 aromatic rings. The fraction of sp³-hybridized carbons (Fsp3) is 0.647. The van der Waals surface area contributed by atoms with Gasteiger partial charge in [0.05, 0.1) is 18.8 Å². The first kappa shape index (κ1) is 19.5. The zero-order valence-electron chi connectivity index (χ0n) is 15.6. The number of imide groups is 1.